The molecular formula is C10H20O3Si. The predicted octanol–water partition coefficient (Wildman–Crippen LogP) is 1.74. The molecule has 0 aromatic heterocycles. The quantitative estimate of drug-likeness (QED) is 0.418. The zero-order valence-electron chi connectivity index (χ0n) is 9.30. The molecule has 0 spiro atoms. The van der Waals surface area contributed by atoms with Crippen LogP contribution in [-0.2, 0) is 9.53 Å². The van der Waals surface area contributed by atoms with E-state index in [1.165, 1.54) is 0 Å². The minimum atomic E-state index is -1.48. The average molecular weight is 216 g/mol. The van der Waals surface area contributed by atoms with Gasteiger partial charge in [0.05, 0.1) is 14.3 Å². The van der Waals surface area contributed by atoms with Crippen molar-refractivity contribution in [3.05, 3.63) is 12.2 Å². The van der Waals surface area contributed by atoms with Gasteiger partial charge in [-0.15, -0.1) is 0 Å². The first kappa shape index (κ1) is 13.4. The van der Waals surface area contributed by atoms with E-state index in [0.29, 0.717) is 11.8 Å². The first-order valence-electron chi connectivity index (χ1n) is 4.82. The second-order valence-corrected chi connectivity index (χ2v) is 9.46. The smallest absolute Gasteiger partial charge is 0.332 e. The number of aliphatic hydroxyl groups excluding tert-OH is 1. The van der Waals surface area contributed by atoms with Crippen LogP contribution in [0.25, 0.3) is 0 Å². The summed E-state index contributed by atoms with van der Waals surface area (Å²) in [5.74, 6) is -0.311. The Balaban J connectivity index is 3.86. The SMILES string of the molecule is C=C(C)C(=O)OC[Si](C)(C)CCCO. The van der Waals surface area contributed by atoms with E-state index < -0.39 is 8.07 Å². The fraction of sp³-hybridized carbons (Fsp3) is 0.700. The standard InChI is InChI=1S/C10H20O3Si/c1-9(2)10(12)13-8-14(3,4)7-5-6-11/h11H,1,5-8H2,2-4H3. The fourth-order valence-electron chi connectivity index (χ4n) is 1.01. The Labute approximate surface area is 86.8 Å². The van der Waals surface area contributed by atoms with Gasteiger partial charge >= 0.3 is 5.97 Å². The van der Waals surface area contributed by atoms with Crippen molar-refractivity contribution in [1.82, 2.24) is 0 Å². The molecule has 0 atom stereocenters. The predicted molar refractivity (Wildman–Crippen MR) is 59.8 cm³/mol. The Hall–Kier alpha value is -0.613. The van der Waals surface area contributed by atoms with Gasteiger partial charge in [-0.1, -0.05) is 25.7 Å². The van der Waals surface area contributed by atoms with E-state index in [9.17, 15) is 4.79 Å². The van der Waals surface area contributed by atoms with Crippen LogP contribution in [0.5, 0.6) is 0 Å². The third-order valence-corrected chi connectivity index (χ3v) is 4.59. The molecule has 0 aliphatic heterocycles. The maximum absolute atomic E-state index is 11.1. The summed E-state index contributed by atoms with van der Waals surface area (Å²) >= 11 is 0. The van der Waals surface area contributed by atoms with Gasteiger partial charge in [0.25, 0.3) is 0 Å². The molecule has 0 saturated heterocycles. The average Bonchev–Trinajstić information content (AvgIpc) is 2.11. The maximum Gasteiger partial charge on any atom is 0.332 e. The van der Waals surface area contributed by atoms with Gasteiger partial charge < -0.3 is 9.84 Å². The first-order chi connectivity index (χ1) is 6.39. The Bertz CT molecular complexity index is 211. The lowest BCUT2D eigenvalue weighted by molar-refractivity contribution is -0.137. The highest BCUT2D eigenvalue weighted by molar-refractivity contribution is 6.77. The second-order valence-electron chi connectivity index (χ2n) is 4.35. The highest BCUT2D eigenvalue weighted by atomic mass is 28.3. The van der Waals surface area contributed by atoms with Gasteiger partial charge in [-0.25, -0.2) is 4.79 Å². The molecule has 0 rings (SSSR count). The first-order valence-corrected chi connectivity index (χ1v) is 8.24. The molecule has 0 radical (unpaired) electrons. The highest BCUT2D eigenvalue weighted by Gasteiger charge is 2.22. The zero-order chi connectivity index (χ0) is 11.2. The van der Waals surface area contributed by atoms with Crippen LogP contribution >= 0.6 is 0 Å². The van der Waals surface area contributed by atoms with Crippen LogP contribution < -0.4 is 0 Å². The molecule has 0 bridgehead atoms. The van der Waals surface area contributed by atoms with E-state index in [-0.39, 0.29) is 12.6 Å². The summed E-state index contributed by atoms with van der Waals surface area (Å²) < 4.78 is 5.11. The maximum atomic E-state index is 11.1. The van der Waals surface area contributed by atoms with Crippen LogP contribution in [0.1, 0.15) is 13.3 Å². The van der Waals surface area contributed by atoms with Crippen LogP contribution in [0.3, 0.4) is 0 Å². The van der Waals surface area contributed by atoms with Gasteiger partial charge in [0.15, 0.2) is 0 Å². The molecule has 0 aromatic rings. The molecule has 82 valence electrons. The normalized spacial score (nSPS) is 11.1. The van der Waals surface area contributed by atoms with E-state index in [1.54, 1.807) is 6.92 Å². The van der Waals surface area contributed by atoms with Crippen molar-refractivity contribution in [3.63, 3.8) is 0 Å². The Morgan fingerprint density at radius 3 is 2.50 bits per heavy atom. The monoisotopic (exact) mass is 216 g/mol. The van der Waals surface area contributed by atoms with Gasteiger partial charge in [0, 0.05) is 12.2 Å². The topological polar surface area (TPSA) is 46.5 Å². The fourth-order valence-corrected chi connectivity index (χ4v) is 2.80. The van der Waals surface area contributed by atoms with Crippen LogP contribution in [0, 0.1) is 0 Å². The Morgan fingerprint density at radius 1 is 1.50 bits per heavy atom. The van der Waals surface area contributed by atoms with Crippen molar-refractivity contribution < 1.29 is 14.6 Å². The summed E-state index contributed by atoms with van der Waals surface area (Å²) in [6.45, 7) is 9.67. The van der Waals surface area contributed by atoms with Crippen LogP contribution in [-0.4, -0.2) is 32.0 Å². The lowest BCUT2D eigenvalue weighted by atomic mass is 10.4. The van der Waals surface area contributed by atoms with Gasteiger partial charge in [-0.2, -0.15) is 0 Å². The molecule has 0 amide bonds. The number of carbonyl (C=O) groups is 1. The summed E-state index contributed by atoms with van der Waals surface area (Å²) in [7, 11) is -1.48. The summed E-state index contributed by atoms with van der Waals surface area (Å²) in [4.78, 5) is 11.1. The minimum Gasteiger partial charge on any atom is -0.466 e. The third-order valence-electron chi connectivity index (χ3n) is 1.95. The van der Waals surface area contributed by atoms with Gasteiger partial charge in [0.1, 0.15) is 0 Å². The van der Waals surface area contributed by atoms with Crippen molar-refractivity contribution >= 4 is 14.0 Å². The van der Waals surface area contributed by atoms with Crippen LogP contribution in [0.15, 0.2) is 12.2 Å². The number of hydrogen-bond acceptors (Lipinski definition) is 3. The molecule has 14 heavy (non-hydrogen) atoms. The molecule has 1 N–H and O–H groups in total. The molecule has 0 aliphatic rings. The molecule has 0 saturated carbocycles. The highest BCUT2D eigenvalue weighted by Crippen LogP contribution is 2.12. The summed E-state index contributed by atoms with van der Waals surface area (Å²) in [5.41, 5.74) is 0.442. The van der Waals surface area contributed by atoms with Crippen LogP contribution in [0.2, 0.25) is 19.1 Å². The molecule has 4 heteroatoms. The molecule has 0 unspecified atom stereocenters. The van der Waals surface area contributed by atoms with Gasteiger partial charge in [-0.3, -0.25) is 0 Å². The van der Waals surface area contributed by atoms with Crippen molar-refractivity contribution in [1.29, 1.82) is 0 Å². The number of esters is 1. The van der Waals surface area contributed by atoms with Crippen molar-refractivity contribution in [3.8, 4) is 0 Å². The summed E-state index contributed by atoms with van der Waals surface area (Å²) in [6, 6.07) is 0.979. The van der Waals surface area contributed by atoms with E-state index in [1.807, 2.05) is 0 Å². The zero-order valence-corrected chi connectivity index (χ0v) is 10.3. The molecule has 0 heterocycles. The summed E-state index contributed by atoms with van der Waals surface area (Å²) in [6.07, 6.45) is 1.31. The number of aliphatic hydroxyl groups is 1. The van der Waals surface area contributed by atoms with E-state index >= 15 is 0 Å². The molecule has 0 aliphatic carbocycles. The lowest BCUT2D eigenvalue weighted by Gasteiger charge is -2.21. The van der Waals surface area contributed by atoms with E-state index in [4.69, 9.17) is 9.84 Å². The Morgan fingerprint density at radius 2 is 2.07 bits per heavy atom. The van der Waals surface area contributed by atoms with E-state index in [2.05, 4.69) is 19.7 Å². The molecular weight excluding hydrogens is 196 g/mol. The van der Waals surface area contributed by atoms with Gasteiger partial charge in [0.2, 0.25) is 0 Å². The largest absolute Gasteiger partial charge is 0.466 e. The number of rotatable bonds is 6. The Kier molecular flexibility index (Phi) is 5.72. The number of ether oxygens (including phenoxy) is 1. The number of carbonyl (C=O) groups excluding carboxylic acids is 1. The van der Waals surface area contributed by atoms with Crippen molar-refractivity contribution in [2.24, 2.45) is 0 Å². The molecule has 0 fully saturated rings. The molecule has 0 aromatic carbocycles. The van der Waals surface area contributed by atoms with Crippen molar-refractivity contribution in [2.45, 2.75) is 32.5 Å². The van der Waals surface area contributed by atoms with Crippen LogP contribution in [0.4, 0.5) is 0 Å². The summed E-state index contributed by atoms with van der Waals surface area (Å²) in [5, 5.41) is 8.70. The van der Waals surface area contributed by atoms with Gasteiger partial charge in [-0.05, 0) is 13.3 Å². The third kappa shape index (κ3) is 5.94. The van der Waals surface area contributed by atoms with E-state index in [0.717, 1.165) is 12.5 Å². The molecule has 3 nitrogen and oxygen atoms in total. The van der Waals surface area contributed by atoms with Crippen molar-refractivity contribution in [2.75, 3.05) is 12.8 Å². The second kappa shape index (κ2) is 5.98. The minimum absolute atomic E-state index is 0.213. The number of hydrogen-bond donors (Lipinski definition) is 1. The lowest BCUT2D eigenvalue weighted by Crippen LogP contribution is -2.34.